The van der Waals surface area contributed by atoms with Crippen LogP contribution < -0.4 is 9.47 Å². The zero-order valence-electron chi connectivity index (χ0n) is 18.2. The number of allylic oxidation sites excluding steroid dienone is 4. The monoisotopic (exact) mass is 416 g/mol. The highest BCUT2D eigenvalue weighted by Crippen LogP contribution is 2.51. The largest absolute Gasteiger partial charge is 0.496 e. The molecule has 0 aliphatic heterocycles. The Balaban J connectivity index is 1.59. The molecule has 0 N–H and O–H groups in total. The predicted molar refractivity (Wildman–Crippen MR) is 134 cm³/mol. The summed E-state index contributed by atoms with van der Waals surface area (Å²) in [5.74, 6) is 1.72. The molecule has 0 heterocycles. The third-order valence-electron chi connectivity index (χ3n) is 5.81. The van der Waals surface area contributed by atoms with E-state index in [1.54, 1.807) is 14.2 Å². The van der Waals surface area contributed by atoms with Gasteiger partial charge in [-0.15, -0.1) is 0 Å². The lowest BCUT2D eigenvalue weighted by molar-refractivity contribution is 0.410. The summed E-state index contributed by atoms with van der Waals surface area (Å²) in [6.45, 7) is 0. The topological polar surface area (TPSA) is 18.5 Å². The lowest BCUT2D eigenvalue weighted by atomic mass is 10.0. The van der Waals surface area contributed by atoms with E-state index in [4.69, 9.17) is 9.47 Å². The molecule has 0 saturated carbocycles. The first-order valence-electron chi connectivity index (χ1n) is 10.7. The molecule has 0 saturated heterocycles. The predicted octanol–water partition coefficient (Wildman–Crippen LogP) is 7.40. The number of methoxy groups -OCH3 is 2. The highest BCUT2D eigenvalue weighted by Gasteiger charge is 2.30. The molecule has 0 unspecified atom stereocenters. The molecule has 1 aliphatic rings. The molecule has 4 aromatic carbocycles. The minimum atomic E-state index is 0.859. The Morgan fingerprint density at radius 2 is 1.22 bits per heavy atom. The Morgan fingerprint density at radius 1 is 0.656 bits per heavy atom. The van der Waals surface area contributed by atoms with Crippen molar-refractivity contribution < 1.29 is 9.47 Å². The van der Waals surface area contributed by atoms with E-state index in [9.17, 15) is 0 Å². The second-order valence-electron chi connectivity index (χ2n) is 7.70. The first-order chi connectivity index (χ1) is 15.8. The fourth-order valence-electron chi connectivity index (χ4n) is 4.17. The zero-order valence-corrected chi connectivity index (χ0v) is 18.2. The molecule has 0 spiro atoms. The van der Waals surface area contributed by atoms with E-state index in [1.165, 1.54) is 33.4 Å². The van der Waals surface area contributed by atoms with Crippen LogP contribution in [0.2, 0.25) is 0 Å². The van der Waals surface area contributed by atoms with Crippen LogP contribution in [-0.4, -0.2) is 14.2 Å². The molecule has 4 aromatic rings. The number of hydrogen-bond donors (Lipinski definition) is 0. The van der Waals surface area contributed by atoms with Crippen molar-refractivity contribution in [2.75, 3.05) is 14.2 Å². The summed E-state index contributed by atoms with van der Waals surface area (Å²) in [4.78, 5) is 0. The molecular formula is C30H24O2. The van der Waals surface area contributed by atoms with Crippen LogP contribution in [0, 0.1) is 0 Å². The number of fused-ring (bicyclic) bond motifs is 2. The summed E-state index contributed by atoms with van der Waals surface area (Å²) < 4.78 is 11.2. The third-order valence-corrected chi connectivity index (χ3v) is 5.81. The van der Waals surface area contributed by atoms with Crippen molar-refractivity contribution in [1.29, 1.82) is 0 Å². The van der Waals surface area contributed by atoms with Crippen LogP contribution in [0.3, 0.4) is 0 Å². The standard InChI is InChI=1S/C30H24O2/c1-31-28-17-18-29(32-2)25-20-27-26(19-24(25)28)30(27)23(22-14-7-4-8-15-22)16-10-9-13-21-11-5-3-6-12-21/h3-20H,1-2H3/b13-9+,16-10+. The molecule has 32 heavy (non-hydrogen) atoms. The van der Waals surface area contributed by atoms with Crippen LogP contribution >= 0.6 is 0 Å². The first kappa shape index (κ1) is 19.9. The van der Waals surface area contributed by atoms with Crippen LogP contribution in [0.25, 0.3) is 28.0 Å². The lowest BCUT2D eigenvalue weighted by Gasteiger charge is -2.08. The normalized spacial score (nSPS) is 12.4. The summed E-state index contributed by atoms with van der Waals surface area (Å²) in [7, 11) is 3.42. The molecule has 0 atom stereocenters. The van der Waals surface area contributed by atoms with Crippen LogP contribution in [-0.2, 0) is 0 Å². The van der Waals surface area contributed by atoms with Crippen LogP contribution in [0.15, 0.2) is 103 Å². The van der Waals surface area contributed by atoms with Crippen molar-refractivity contribution in [3.8, 4) is 11.5 Å². The summed E-state index contributed by atoms with van der Waals surface area (Å²) >= 11 is 0. The van der Waals surface area contributed by atoms with Crippen molar-refractivity contribution in [1.82, 2.24) is 0 Å². The summed E-state index contributed by atoms with van der Waals surface area (Å²) in [6.07, 6.45) is 8.52. The molecular weight excluding hydrogens is 392 g/mol. The molecule has 156 valence electrons. The van der Waals surface area contributed by atoms with Gasteiger partial charge in [-0.05, 0) is 57.7 Å². The van der Waals surface area contributed by atoms with Crippen LogP contribution in [0.5, 0.6) is 11.5 Å². The van der Waals surface area contributed by atoms with E-state index in [2.05, 4.69) is 91.0 Å². The average Bonchev–Trinajstić information content (AvgIpc) is 3.55. The Morgan fingerprint density at radius 3 is 1.78 bits per heavy atom. The Bertz CT molecular complexity index is 1310. The highest BCUT2D eigenvalue weighted by molar-refractivity contribution is 6.18. The van der Waals surface area contributed by atoms with Gasteiger partial charge in [-0.2, -0.15) is 0 Å². The molecule has 0 radical (unpaired) electrons. The van der Waals surface area contributed by atoms with Gasteiger partial charge < -0.3 is 9.47 Å². The van der Waals surface area contributed by atoms with Gasteiger partial charge >= 0.3 is 0 Å². The zero-order chi connectivity index (χ0) is 21.9. The van der Waals surface area contributed by atoms with Gasteiger partial charge in [0.2, 0.25) is 0 Å². The maximum absolute atomic E-state index is 5.61. The van der Waals surface area contributed by atoms with Crippen molar-refractivity contribution in [3.05, 3.63) is 125 Å². The van der Waals surface area contributed by atoms with Crippen LogP contribution in [0.4, 0.5) is 0 Å². The Kier molecular flexibility index (Phi) is 5.35. The van der Waals surface area contributed by atoms with E-state index in [1.807, 2.05) is 18.2 Å². The van der Waals surface area contributed by atoms with Gasteiger partial charge in [-0.1, -0.05) is 85.0 Å². The van der Waals surface area contributed by atoms with Crippen molar-refractivity contribution in [2.45, 2.75) is 0 Å². The van der Waals surface area contributed by atoms with Gasteiger partial charge in [0.1, 0.15) is 11.5 Å². The maximum Gasteiger partial charge on any atom is 0.126 e. The molecule has 0 aromatic heterocycles. The van der Waals surface area contributed by atoms with E-state index in [-0.39, 0.29) is 0 Å². The fourth-order valence-corrected chi connectivity index (χ4v) is 4.17. The molecule has 0 fully saturated rings. The SMILES string of the molecule is COc1ccc(OC)c2cc3c(cc12)C3=C(/C=C/C=C/c1ccccc1)c1ccccc1. The van der Waals surface area contributed by atoms with E-state index in [0.717, 1.165) is 22.3 Å². The van der Waals surface area contributed by atoms with E-state index >= 15 is 0 Å². The summed E-state index contributed by atoms with van der Waals surface area (Å²) in [5, 5.41) is 2.14. The Hall–Kier alpha value is -4.04. The van der Waals surface area contributed by atoms with Crippen molar-refractivity contribution in [3.63, 3.8) is 0 Å². The molecule has 2 nitrogen and oxygen atoms in total. The van der Waals surface area contributed by atoms with Gasteiger partial charge in [0.05, 0.1) is 14.2 Å². The second-order valence-corrected chi connectivity index (χ2v) is 7.70. The lowest BCUT2D eigenvalue weighted by Crippen LogP contribution is -1.88. The number of rotatable bonds is 6. The maximum atomic E-state index is 5.61. The van der Waals surface area contributed by atoms with Gasteiger partial charge in [-0.25, -0.2) is 0 Å². The number of ether oxygens (including phenoxy) is 2. The third kappa shape index (κ3) is 3.72. The number of benzene rings is 4. The van der Waals surface area contributed by atoms with E-state index < -0.39 is 0 Å². The highest BCUT2D eigenvalue weighted by atomic mass is 16.5. The minimum absolute atomic E-state index is 0.859. The molecule has 2 heteroatoms. The summed E-state index contributed by atoms with van der Waals surface area (Å²) in [5.41, 5.74) is 7.41. The molecule has 0 amide bonds. The summed E-state index contributed by atoms with van der Waals surface area (Å²) in [6, 6.07) is 29.2. The van der Waals surface area contributed by atoms with Gasteiger partial charge in [0.15, 0.2) is 0 Å². The average molecular weight is 417 g/mol. The molecule has 1 aliphatic carbocycles. The van der Waals surface area contributed by atoms with Gasteiger partial charge in [0, 0.05) is 10.8 Å². The van der Waals surface area contributed by atoms with Gasteiger partial charge in [-0.3, -0.25) is 0 Å². The smallest absolute Gasteiger partial charge is 0.126 e. The molecule has 5 rings (SSSR count). The number of hydrogen-bond acceptors (Lipinski definition) is 2. The van der Waals surface area contributed by atoms with Crippen molar-refractivity contribution in [2.24, 2.45) is 0 Å². The molecule has 0 bridgehead atoms. The quantitative estimate of drug-likeness (QED) is 0.269. The van der Waals surface area contributed by atoms with Crippen molar-refractivity contribution >= 4 is 28.0 Å². The van der Waals surface area contributed by atoms with E-state index in [0.29, 0.717) is 0 Å². The van der Waals surface area contributed by atoms with Crippen LogP contribution in [0.1, 0.15) is 22.3 Å². The van der Waals surface area contributed by atoms with Gasteiger partial charge in [0.25, 0.3) is 0 Å². The second kappa shape index (κ2) is 8.60. The fraction of sp³-hybridized carbons (Fsp3) is 0.0667. The minimum Gasteiger partial charge on any atom is -0.496 e. The first-order valence-corrected chi connectivity index (χ1v) is 10.7. The Labute approximate surface area is 188 Å².